The van der Waals surface area contributed by atoms with Gasteiger partial charge in [0.05, 0.1) is 20.8 Å². The molecule has 2 unspecified atom stereocenters. The molecular formula is C14H22N2O3. The minimum Gasteiger partial charge on any atom is -0.493 e. The van der Waals surface area contributed by atoms with Crippen molar-refractivity contribution in [1.29, 1.82) is 0 Å². The zero-order chi connectivity index (χ0) is 13.7. The van der Waals surface area contributed by atoms with Gasteiger partial charge in [-0.3, -0.25) is 11.3 Å². The van der Waals surface area contributed by atoms with Gasteiger partial charge < -0.3 is 14.2 Å². The lowest BCUT2D eigenvalue weighted by Gasteiger charge is -2.22. The highest BCUT2D eigenvalue weighted by atomic mass is 16.5. The number of benzene rings is 1. The van der Waals surface area contributed by atoms with Crippen LogP contribution in [0.1, 0.15) is 12.0 Å². The van der Waals surface area contributed by atoms with E-state index in [9.17, 15) is 0 Å². The quantitative estimate of drug-likeness (QED) is 0.596. The van der Waals surface area contributed by atoms with Crippen LogP contribution in [0.3, 0.4) is 0 Å². The van der Waals surface area contributed by atoms with Gasteiger partial charge in [-0.1, -0.05) is 6.07 Å². The van der Waals surface area contributed by atoms with Gasteiger partial charge in [-0.2, -0.15) is 0 Å². The highest BCUT2D eigenvalue weighted by Gasteiger charge is 2.25. The van der Waals surface area contributed by atoms with Crippen molar-refractivity contribution in [3.05, 3.63) is 23.8 Å². The fourth-order valence-electron chi connectivity index (χ4n) is 2.49. The molecule has 1 fully saturated rings. The number of nitrogens with two attached hydrogens (primary N) is 1. The van der Waals surface area contributed by atoms with Crippen LogP contribution < -0.4 is 20.7 Å². The summed E-state index contributed by atoms with van der Waals surface area (Å²) in [7, 11) is 3.28. The van der Waals surface area contributed by atoms with E-state index in [2.05, 4.69) is 5.43 Å². The van der Waals surface area contributed by atoms with Gasteiger partial charge in [-0.15, -0.1) is 0 Å². The van der Waals surface area contributed by atoms with Crippen molar-refractivity contribution in [2.45, 2.75) is 18.9 Å². The minimum absolute atomic E-state index is 0.223. The van der Waals surface area contributed by atoms with Crippen molar-refractivity contribution >= 4 is 0 Å². The lowest BCUT2D eigenvalue weighted by atomic mass is 9.93. The zero-order valence-corrected chi connectivity index (χ0v) is 11.5. The Balaban J connectivity index is 2.08. The molecule has 19 heavy (non-hydrogen) atoms. The standard InChI is InChI=1S/C14H22N2O3/c1-17-13-4-3-10(8-14(13)18-2)7-12(16-15)11-5-6-19-9-11/h3-4,8,11-12,16H,5-7,9,15H2,1-2H3. The summed E-state index contributed by atoms with van der Waals surface area (Å²) in [5.74, 6) is 7.63. The maximum atomic E-state index is 5.67. The van der Waals surface area contributed by atoms with E-state index in [4.69, 9.17) is 20.1 Å². The third-order valence-corrected chi connectivity index (χ3v) is 3.65. The molecule has 5 nitrogen and oxygen atoms in total. The topological polar surface area (TPSA) is 65.7 Å². The lowest BCUT2D eigenvalue weighted by molar-refractivity contribution is 0.176. The number of hydrazine groups is 1. The molecule has 3 N–H and O–H groups in total. The van der Waals surface area contributed by atoms with Crippen molar-refractivity contribution in [3.63, 3.8) is 0 Å². The maximum absolute atomic E-state index is 5.67. The highest BCUT2D eigenvalue weighted by molar-refractivity contribution is 5.43. The molecule has 0 saturated carbocycles. The molecule has 1 heterocycles. The van der Waals surface area contributed by atoms with E-state index in [1.807, 2.05) is 18.2 Å². The van der Waals surface area contributed by atoms with Crippen LogP contribution >= 0.6 is 0 Å². The summed E-state index contributed by atoms with van der Waals surface area (Å²) in [6.45, 7) is 1.61. The number of hydrogen-bond donors (Lipinski definition) is 2. The van der Waals surface area contributed by atoms with Gasteiger partial charge in [0.2, 0.25) is 0 Å². The summed E-state index contributed by atoms with van der Waals surface area (Å²) < 4.78 is 16.0. The third kappa shape index (κ3) is 3.37. The van der Waals surface area contributed by atoms with Gasteiger partial charge in [0, 0.05) is 18.6 Å². The van der Waals surface area contributed by atoms with E-state index in [-0.39, 0.29) is 6.04 Å². The molecule has 2 rings (SSSR count). The first-order valence-electron chi connectivity index (χ1n) is 6.53. The van der Waals surface area contributed by atoms with Crippen molar-refractivity contribution in [2.24, 2.45) is 11.8 Å². The first-order chi connectivity index (χ1) is 9.28. The smallest absolute Gasteiger partial charge is 0.160 e. The Morgan fingerprint density at radius 3 is 2.74 bits per heavy atom. The fraction of sp³-hybridized carbons (Fsp3) is 0.571. The molecule has 1 aliphatic heterocycles. The van der Waals surface area contributed by atoms with Gasteiger partial charge in [-0.05, 0) is 30.5 Å². The average molecular weight is 266 g/mol. The molecule has 0 bridgehead atoms. The molecule has 1 saturated heterocycles. The van der Waals surface area contributed by atoms with Crippen molar-refractivity contribution in [1.82, 2.24) is 5.43 Å². The van der Waals surface area contributed by atoms with Crippen LogP contribution in [0.5, 0.6) is 11.5 Å². The fourth-order valence-corrected chi connectivity index (χ4v) is 2.49. The molecule has 1 aromatic carbocycles. The van der Waals surface area contributed by atoms with Crippen LogP contribution in [0.15, 0.2) is 18.2 Å². The lowest BCUT2D eigenvalue weighted by Crippen LogP contribution is -2.42. The molecule has 106 valence electrons. The molecule has 0 radical (unpaired) electrons. The first-order valence-corrected chi connectivity index (χ1v) is 6.53. The number of nitrogens with one attached hydrogen (secondary N) is 1. The summed E-state index contributed by atoms with van der Waals surface area (Å²) in [6.07, 6.45) is 1.91. The van der Waals surface area contributed by atoms with E-state index < -0.39 is 0 Å². The van der Waals surface area contributed by atoms with Crippen LogP contribution in [0.25, 0.3) is 0 Å². The van der Waals surface area contributed by atoms with E-state index >= 15 is 0 Å². The Morgan fingerprint density at radius 1 is 1.37 bits per heavy atom. The Bertz CT molecular complexity index is 406. The van der Waals surface area contributed by atoms with Gasteiger partial charge in [0.25, 0.3) is 0 Å². The second kappa shape index (κ2) is 6.75. The Kier molecular flexibility index (Phi) is 5.01. The van der Waals surface area contributed by atoms with E-state index in [1.54, 1.807) is 14.2 Å². The molecule has 1 aromatic rings. The number of rotatable bonds is 6. The predicted octanol–water partition coefficient (Wildman–Crippen LogP) is 1.11. The number of hydrogen-bond acceptors (Lipinski definition) is 5. The normalized spacial score (nSPS) is 20.3. The third-order valence-electron chi connectivity index (χ3n) is 3.65. The molecule has 2 atom stereocenters. The molecular weight excluding hydrogens is 244 g/mol. The molecule has 5 heteroatoms. The minimum atomic E-state index is 0.223. The zero-order valence-electron chi connectivity index (χ0n) is 11.5. The Morgan fingerprint density at radius 2 is 2.16 bits per heavy atom. The van der Waals surface area contributed by atoms with Gasteiger partial charge >= 0.3 is 0 Å². The van der Waals surface area contributed by atoms with Crippen molar-refractivity contribution < 1.29 is 14.2 Å². The summed E-state index contributed by atoms with van der Waals surface area (Å²) >= 11 is 0. The van der Waals surface area contributed by atoms with Crippen LogP contribution in [0, 0.1) is 5.92 Å². The van der Waals surface area contributed by atoms with Gasteiger partial charge in [-0.25, -0.2) is 0 Å². The van der Waals surface area contributed by atoms with Crippen LogP contribution in [0.2, 0.25) is 0 Å². The first kappa shape index (κ1) is 14.1. The van der Waals surface area contributed by atoms with E-state index in [1.165, 1.54) is 5.56 Å². The summed E-state index contributed by atoms with van der Waals surface area (Å²) in [6, 6.07) is 6.19. The molecule has 0 aromatic heterocycles. The maximum Gasteiger partial charge on any atom is 0.160 e. The molecule has 0 amide bonds. The highest BCUT2D eigenvalue weighted by Crippen LogP contribution is 2.29. The Labute approximate surface area is 114 Å². The predicted molar refractivity (Wildman–Crippen MR) is 73.3 cm³/mol. The summed E-state index contributed by atoms with van der Waals surface area (Å²) in [4.78, 5) is 0. The SMILES string of the molecule is COc1ccc(CC(NN)C2CCOC2)cc1OC. The van der Waals surface area contributed by atoms with E-state index in [0.29, 0.717) is 5.92 Å². The van der Waals surface area contributed by atoms with Crippen LogP contribution in [-0.2, 0) is 11.2 Å². The van der Waals surface area contributed by atoms with Gasteiger partial charge in [0.1, 0.15) is 0 Å². The number of methoxy groups -OCH3 is 2. The summed E-state index contributed by atoms with van der Waals surface area (Å²) in [5, 5.41) is 0. The monoisotopic (exact) mass is 266 g/mol. The number of ether oxygens (including phenoxy) is 3. The summed E-state index contributed by atoms with van der Waals surface area (Å²) in [5.41, 5.74) is 4.08. The van der Waals surface area contributed by atoms with Crippen LogP contribution in [0.4, 0.5) is 0 Å². The largest absolute Gasteiger partial charge is 0.493 e. The molecule has 0 aliphatic carbocycles. The van der Waals surface area contributed by atoms with Crippen molar-refractivity contribution in [2.75, 3.05) is 27.4 Å². The molecule has 0 spiro atoms. The Hall–Kier alpha value is -1.30. The second-order valence-electron chi connectivity index (χ2n) is 4.79. The van der Waals surface area contributed by atoms with E-state index in [0.717, 1.165) is 37.6 Å². The second-order valence-corrected chi connectivity index (χ2v) is 4.79. The van der Waals surface area contributed by atoms with Crippen LogP contribution in [-0.4, -0.2) is 33.5 Å². The van der Waals surface area contributed by atoms with Gasteiger partial charge in [0.15, 0.2) is 11.5 Å². The molecule has 1 aliphatic rings. The average Bonchev–Trinajstić information content (AvgIpc) is 2.98. The van der Waals surface area contributed by atoms with Crippen molar-refractivity contribution in [3.8, 4) is 11.5 Å².